The van der Waals surface area contributed by atoms with Crippen molar-refractivity contribution in [2.75, 3.05) is 12.3 Å². The predicted molar refractivity (Wildman–Crippen MR) is 117 cm³/mol. The van der Waals surface area contributed by atoms with E-state index in [1.54, 1.807) is 35.7 Å². The number of likely N-dealkylation sites (N-methyl/N-ethyl adjacent to an activating group) is 1. The van der Waals surface area contributed by atoms with E-state index in [4.69, 9.17) is 11.6 Å². The predicted octanol–water partition coefficient (Wildman–Crippen LogP) is 4.68. The first-order valence-corrected chi connectivity index (χ1v) is 10.8. The van der Waals surface area contributed by atoms with Crippen molar-refractivity contribution in [3.05, 3.63) is 64.7 Å². The molecule has 0 aliphatic heterocycles. The molecule has 0 aliphatic carbocycles. The van der Waals surface area contributed by atoms with Crippen LogP contribution in [0.4, 0.5) is 0 Å². The number of rotatable bonds is 9. The van der Waals surface area contributed by atoms with Crippen LogP contribution in [0.15, 0.2) is 53.4 Å². The van der Waals surface area contributed by atoms with Gasteiger partial charge in [0.25, 0.3) is 0 Å². The summed E-state index contributed by atoms with van der Waals surface area (Å²) in [5.74, 6) is 0.491. The minimum absolute atomic E-state index is 0.0340. The Morgan fingerprint density at radius 2 is 1.75 bits per heavy atom. The molecule has 2 amide bonds. The van der Waals surface area contributed by atoms with Gasteiger partial charge in [0.1, 0.15) is 6.04 Å². The van der Waals surface area contributed by atoms with Crippen LogP contribution in [0.25, 0.3) is 0 Å². The lowest BCUT2D eigenvalue weighted by Crippen LogP contribution is -2.47. The number of hydrogen-bond donors (Lipinski definition) is 1. The van der Waals surface area contributed by atoms with Crippen molar-refractivity contribution in [3.63, 3.8) is 0 Å². The number of carbonyl (C=O) groups is 2. The maximum absolute atomic E-state index is 12.9. The quantitative estimate of drug-likeness (QED) is 0.601. The highest BCUT2D eigenvalue weighted by Gasteiger charge is 2.25. The van der Waals surface area contributed by atoms with Crippen LogP contribution >= 0.6 is 23.4 Å². The molecular weight excluding hydrogens is 392 g/mol. The van der Waals surface area contributed by atoms with E-state index < -0.39 is 6.04 Å². The molecule has 0 spiro atoms. The number of carbonyl (C=O) groups excluding carboxylic acids is 2. The van der Waals surface area contributed by atoms with Gasteiger partial charge in [-0.3, -0.25) is 9.59 Å². The highest BCUT2D eigenvalue weighted by Crippen LogP contribution is 2.20. The average molecular weight is 419 g/mol. The van der Waals surface area contributed by atoms with Crippen molar-refractivity contribution >= 4 is 35.2 Å². The maximum Gasteiger partial charge on any atom is 0.242 e. The third-order valence-electron chi connectivity index (χ3n) is 4.39. The molecule has 6 heteroatoms. The summed E-state index contributed by atoms with van der Waals surface area (Å²) in [5.41, 5.74) is 2.16. The van der Waals surface area contributed by atoms with Crippen LogP contribution in [0, 0.1) is 6.92 Å². The van der Waals surface area contributed by atoms with Crippen LogP contribution < -0.4 is 5.32 Å². The number of thioether (sulfide) groups is 1. The Hall–Kier alpha value is -1.98. The molecule has 0 bridgehead atoms. The van der Waals surface area contributed by atoms with E-state index in [1.807, 2.05) is 19.1 Å². The van der Waals surface area contributed by atoms with Gasteiger partial charge in [-0.1, -0.05) is 41.4 Å². The highest BCUT2D eigenvalue weighted by atomic mass is 35.5. The summed E-state index contributed by atoms with van der Waals surface area (Å²) in [6.07, 6.45) is 0.371. The maximum atomic E-state index is 12.9. The van der Waals surface area contributed by atoms with Crippen molar-refractivity contribution in [3.8, 4) is 0 Å². The fourth-order valence-corrected chi connectivity index (χ4v) is 3.69. The molecule has 2 aromatic rings. The van der Waals surface area contributed by atoms with Crippen LogP contribution in [0.3, 0.4) is 0 Å². The largest absolute Gasteiger partial charge is 0.355 e. The molecule has 0 radical (unpaired) electrons. The van der Waals surface area contributed by atoms with Crippen LogP contribution in [-0.2, 0) is 16.1 Å². The summed E-state index contributed by atoms with van der Waals surface area (Å²) in [7, 11) is 0. The second-order valence-electron chi connectivity index (χ2n) is 6.63. The molecule has 0 aromatic heterocycles. The van der Waals surface area contributed by atoms with E-state index in [9.17, 15) is 9.59 Å². The molecule has 1 atom stereocenters. The second-order valence-corrected chi connectivity index (χ2v) is 8.23. The molecule has 1 N–H and O–H groups in total. The number of nitrogens with zero attached hydrogens (tertiary/aromatic N) is 1. The van der Waals surface area contributed by atoms with Gasteiger partial charge in [-0.25, -0.2) is 0 Å². The topological polar surface area (TPSA) is 49.4 Å². The Morgan fingerprint density at radius 1 is 1.11 bits per heavy atom. The first-order valence-electron chi connectivity index (χ1n) is 9.41. The molecule has 0 saturated carbocycles. The van der Waals surface area contributed by atoms with Gasteiger partial charge < -0.3 is 10.2 Å². The van der Waals surface area contributed by atoms with Crippen molar-refractivity contribution in [2.24, 2.45) is 0 Å². The number of amides is 2. The van der Waals surface area contributed by atoms with Crippen LogP contribution in [0.2, 0.25) is 5.02 Å². The summed E-state index contributed by atoms with van der Waals surface area (Å²) >= 11 is 7.60. The Balaban J connectivity index is 2.03. The number of hydrogen-bond acceptors (Lipinski definition) is 3. The van der Waals surface area contributed by atoms with Crippen molar-refractivity contribution in [1.82, 2.24) is 10.2 Å². The third-order valence-corrected chi connectivity index (χ3v) is 5.66. The van der Waals surface area contributed by atoms with Crippen molar-refractivity contribution < 1.29 is 9.59 Å². The zero-order chi connectivity index (χ0) is 20.5. The van der Waals surface area contributed by atoms with Gasteiger partial charge in [0, 0.05) is 35.2 Å². The lowest BCUT2D eigenvalue weighted by atomic mass is 10.1. The molecule has 2 rings (SSSR count). The van der Waals surface area contributed by atoms with Gasteiger partial charge in [0.05, 0.1) is 0 Å². The number of aryl methyl sites for hydroxylation is 1. The Labute approximate surface area is 176 Å². The van der Waals surface area contributed by atoms with Crippen LogP contribution in [0.1, 0.15) is 31.4 Å². The molecule has 0 saturated heterocycles. The lowest BCUT2D eigenvalue weighted by molar-refractivity contribution is -0.140. The van der Waals surface area contributed by atoms with E-state index in [0.717, 1.165) is 10.5 Å². The van der Waals surface area contributed by atoms with Crippen molar-refractivity contribution in [1.29, 1.82) is 0 Å². The normalized spacial score (nSPS) is 11.7. The number of nitrogens with one attached hydrogen (secondary N) is 1. The van der Waals surface area contributed by atoms with Gasteiger partial charge in [-0.05, 0) is 50.6 Å². The Kier molecular flexibility index (Phi) is 8.87. The molecule has 4 nitrogen and oxygen atoms in total. The first-order chi connectivity index (χ1) is 13.4. The fourth-order valence-electron chi connectivity index (χ4n) is 2.73. The number of halogens is 1. The summed E-state index contributed by atoms with van der Waals surface area (Å²) in [6, 6.07) is 15.1. The van der Waals surface area contributed by atoms with Gasteiger partial charge in [0.2, 0.25) is 11.8 Å². The smallest absolute Gasteiger partial charge is 0.242 e. The van der Waals surface area contributed by atoms with E-state index in [2.05, 4.69) is 36.5 Å². The fraction of sp³-hybridized carbons (Fsp3) is 0.364. The summed E-state index contributed by atoms with van der Waals surface area (Å²) in [6.45, 7) is 6.61. The second kappa shape index (κ2) is 11.1. The molecule has 0 unspecified atom stereocenters. The number of benzene rings is 2. The summed E-state index contributed by atoms with van der Waals surface area (Å²) in [5, 5.41) is 3.45. The van der Waals surface area contributed by atoms with Crippen LogP contribution in [0.5, 0.6) is 0 Å². The van der Waals surface area contributed by atoms with Crippen LogP contribution in [-0.4, -0.2) is 35.1 Å². The molecule has 150 valence electrons. The van der Waals surface area contributed by atoms with Gasteiger partial charge in [-0.2, -0.15) is 0 Å². The van der Waals surface area contributed by atoms with E-state index in [1.165, 1.54) is 5.56 Å². The van der Waals surface area contributed by atoms with Gasteiger partial charge >= 0.3 is 0 Å². The minimum atomic E-state index is -0.535. The molecule has 0 fully saturated rings. The Bertz CT molecular complexity index is 778. The summed E-state index contributed by atoms with van der Waals surface area (Å²) < 4.78 is 0. The van der Waals surface area contributed by atoms with E-state index in [0.29, 0.717) is 30.3 Å². The van der Waals surface area contributed by atoms with Gasteiger partial charge in [-0.15, -0.1) is 11.8 Å². The van der Waals surface area contributed by atoms with E-state index in [-0.39, 0.29) is 11.8 Å². The zero-order valence-corrected chi connectivity index (χ0v) is 18.1. The lowest BCUT2D eigenvalue weighted by Gasteiger charge is -2.28. The standard InChI is InChI=1S/C22H27ClN2O2S/c1-4-24-22(27)17(3)25(15-18-7-9-19(23)10-8-18)21(26)13-14-28-20-11-5-16(2)6-12-20/h5-12,17H,4,13-15H2,1-3H3,(H,24,27)/t17-/m1/s1. The Morgan fingerprint density at radius 3 is 2.36 bits per heavy atom. The monoisotopic (exact) mass is 418 g/mol. The molecule has 28 heavy (non-hydrogen) atoms. The highest BCUT2D eigenvalue weighted by molar-refractivity contribution is 7.99. The summed E-state index contributed by atoms with van der Waals surface area (Å²) in [4.78, 5) is 28.0. The molecule has 0 heterocycles. The van der Waals surface area contributed by atoms with Crippen molar-refractivity contribution in [2.45, 2.75) is 44.7 Å². The molecular formula is C22H27ClN2O2S. The molecule has 0 aliphatic rings. The zero-order valence-electron chi connectivity index (χ0n) is 16.6. The SMILES string of the molecule is CCNC(=O)[C@@H](C)N(Cc1ccc(Cl)cc1)C(=O)CCSc1ccc(C)cc1. The first kappa shape index (κ1) is 22.3. The molecule has 2 aromatic carbocycles. The van der Waals surface area contributed by atoms with E-state index >= 15 is 0 Å². The minimum Gasteiger partial charge on any atom is -0.355 e. The average Bonchev–Trinajstić information content (AvgIpc) is 2.68. The third kappa shape index (κ3) is 6.88. The van der Waals surface area contributed by atoms with Gasteiger partial charge in [0.15, 0.2) is 0 Å².